The predicted octanol–water partition coefficient (Wildman–Crippen LogP) is 1.16. The lowest BCUT2D eigenvalue weighted by atomic mass is 10.0. The van der Waals surface area contributed by atoms with Gasteiger partial charge in [0.05, 0.1) is 6.04 Å². The number of ether oxygens (including phenoxy) is 1. The molecule has 5 heteroatoms. The van der Waals surface area contributed by atoms with Crippen molar-refractivity contribution in [2.24, 2.45) is 0 Å². The first-order valence-corrected chi connectivity index (χ1v) is 5.56. The minimum absolute atomic E-state index is 0.0612. The van der Waals surface area contributed by atoms with Gasteiger partial charge in [0.1, 0.15) is 11.4 Å². The summed E-state index contributed by atoms with van der Waals surface area (Å²) in [6, 6.07) is -0.122. The predicted molar refractivity (Wildman–Crippen MR) is 58.7 cm³/mol. The topological polar surface area (TPSA) is 67.0 Å². The van der Waals surface area contributed by atoms with E-state index in [0.29, 0.717) is 6.61 Å². The number of imidazole rings is 1. The summed E-state index contributed by atoms with van der Waals surface area (Å²) < 4.78 is 5.48. The second kappa shape index (κ2) is 4.25. The van der Waals surface area contributed by atoms with Crippen LogP contribution in [0.2, 0.25) is 0 Å². The van der Waals surface area contributed by atoms with Gasteiger partial charge in [0.25, 0.3) is 5.91 Å². The average Bonchev–Trinajstić information content (AvgIpc) is 2.88. The van der Waals surface area contributed by atoms with Gasteiger partial charge in [-0.1, -0.05) is 0 Å². The maximum atomic E-state index is 12.0. The molecule has 1 aliphatic heterocycles. The summed E-state index contributed by atoms with van der Waals surface area (Å²) >= 11 is 0. The van der Waals surface area contributed by atoms with Crippen LogP contribution in [0.5, 0.6) is 0 Å². The molecular formula is C11H17N3O2. The van der Waals surface area contributed by atoms with E-state index in [0.717, 1.165) is 18.7 Å². The fourth-order valence-electron chi connectivity index (χ4n) is 1.89. The molecule has 2 atom stereocenters. The Morgan fingerprint density at radius 2 is 2.56 bits per heavy atom. The molecule has 0 saturated carbocycles. The Morgan fingerprint density at radius 1 is 1.75 bits per heavy atom. The number of rotatable bonds is 3. The van der Waals surface area contributed by atoms with Crippen molar-refractivity contribution in [1.82, 2.24) is 15.3 Å². The first-order chi connectivity index (χ1) is 7.62. The number of amides is 1. The van der Waals surface area contributed by atoms with Crippen molar-refractivity contribution in [1.29, 1.82) is 0 Å². The van der Waals surface area contributed by atoms with Crippen molar-refractivity contribution in [3.8, 4) is 0 Å². The second-order valence-electron chi connectivity index (χ2n) is 4.35. The first-order valence-electron chi connectivity index (χ1n) is 5.56. The zero-order valence-electron chi connectivity index (χ0n) is 9.62. The zero-order chi connectivity index (χ0) is 11.6. The van der Waals surface area contributed by atoms with E-state index in [2.05, 4.69) is 15.3 Å². The van der Waals surface area contributed by atoms with Crippen LogP contribution in [0, 0.1) is 0 Å². The van der Waals surface area contributed by atoms with Gasteiger partial charge < -0.3 is 15.0 Å². The van der Waals surface area contributed by atoms with Crippen LogP contribution >= 0.6 is 0 Å². The molecule has 5 nitrogen and oxygen atoms in total. The van der Waals surface area contributed by atoms with Crippen molar-refractivity contribution >= 4 is 5.91 Å². The fraction of sp³-hybridized carbons (Fsp3) is 0.636. The van der Waals surface area contributed by atoms with E-state index >= 15 is 0 Å². The summed E-state index contributed by atoms with van der Waals surface area (Å²) in [5.41, 5.74) is -0.666. The van der Waals surface area contributed by atoms with Crippen molar-refractivity contribution < 1.29 is 9.53 Å². The van der Waals surface area contributed by atoms with Gasteiger partial charge in [0.2, 0.25) is 0 Å². The fourth-order valence-corrected chi connectivity index (χ4v) is 1.89. The van der Waals surface area contributed by atoms with Crippen molar-refractivity contribution in [3.63, 3.8) is 0 Å². The molecule has 2 rings (SSSR count). The molecule has 0 aromatic carbocycles. The maximum absolute atomic E-state index is 12.0. The molecule has 0 spiro atoms. The average molecular weight is 223 g/mol. The summed E-state index contributed by atoms with van der Waals surface area (Å²) in [6.45, 7) is 4.40. The van der Waals surface area contributed by atoms with Gasteiger partial charge in [-0.2, -0.15) is 0 Å². The molecule has 1 aromatic rings. The monoisotopic (exact) mass is 223 g/mol. The van der Waals surface area contributed by atoms with Crippen LogP contribution in [-0.4, -0.2) is 28.1 Å². The summed E-state index contributed by atoms with van der Waals surface area (Å²) in [4.78, 5) is 19.1. The minimum atomic E-state index is -0.666. The van der Waals surface area contributed by atoms with E-state index in [4.69, 9.17) is 4.74 Å². The third kappa shape index (κ3) is 2.09. The highest BCUT2D eigenvalue weighted by Crippen LogP contribution is 2.25. The number of carbonyl (C=O) groups is 1. The molecule has 2 unspecified atom stereocenters. The molecule has 1 aromatic heterocycles. The summed E-state index contributed by atoms with van der Waals surface area (Å²) in [7, 11) is 0. The van der Waals surface area contributed by atoms with Crippen LogP contribution in [0.25, 0.3) is 0 Å². The van der Waals surface area contributed by atoms with Crippen molar-refractivity contribution in [2.75, 3.05) is 6.61 Å². The third-order valence-corrected chi connectivity index (χ3v) is 2.98. The van der Waals surface area contributed by atoms with Gasteiger partial charge in [0.15, 0.2) is 0 Å². The van der Waals surface area contributed by atoms with Gasteiger partial charge in [0, 0.05) is 19.0 Å². The molecule has 88 valence electrons. The molecule has 16 heavy (non-hydrogen) atoms. The number of hydrogen-bond donors (Lipinski definition) is 2. The second-order valence-corrected chi connectivity index (χ2v) is 4.35. The normalized spacial score (nSPS) is 26.6. The van der Waals surface area contributed by atoms with Crippen LogP contribution < -0.4 is 5.32 Å². The first kappa shape index (κ1) is 11.1. The van der Waals surface area contributed by atoms with Gasteiger partial charge in [-0.05, 0) is 26.7 Å². The highest BCUT2D eigenvalue weighted by atomic mass is 16.5. The largest absolute Gasteiger partial charge is 0.365 e. The third-order valence-electron chi connectivity index (χ3n) is 2.98. The van der Waals surface area contributed by atoms with E-state index in [9.17, 15) is 4.79 Å². The van der Waals surface area contributed by atoms with E-state index in [1.165, 1.54) is 0 Å². The number of nitrogens with zero attached hydrogens (tertiary/aromatic N) is 1. The highest BCUT2D eigenvalue weighted by Gasteiger charge is 2.38. The summed E-state index contributed by atoms with van der Waals surface area (Å²) in [5.74, 6) is 0.698. The number of aromatic amines is 1. The van der Waals surface area contributed by atoms with E-state index in [1.807, 2.05) is 13.8 Å². The number of carbonyl (C=O) groups excluding carboxylic acids is 1. The molecule has 1 aliphatic rings. The molecule has 1 fully saturated rings. The standard InChI is InChI=1S/C11H17N3O2/c1-8(9-12-5-6-13-9)14-10(15)11(2)4-3-7-16-11/h5-6,8H,3-4,7H2,1-2H3,(H,12,13)(H,14,15). The van der Waals surface area contributed by atoms with Gasteiger partial charge in [-0.25, -0.2) is 4.98 Å². The molecule has 1 amide bonds. The lowest BCUT2D eigenvalue weighted by Crippen LogP contribution is -2.45. The molecule has 2 N–H and O–H groups in total. The quantitative estimate of drug-likeness (QED) is 0.808. The van der Waals surface area contributed by atoms with Gasteiger partial charge in [-0.15, -0.1) is 0 Å². The number of aromatic nitrogens is 2. The summed E-state index contributed by atoms with van der Waals surface area (Å²) in [5, 5.41) is 2.91. The van der Waals surface area contributed by atoms with Crippen molar-refractivity contribution in [3.05, 3.63) is 18.2 Å². The highest BCUT2D eigenvalue weighted by molar-refractivity contribution is 5.85. The molecular weight excluding hydrogens is 206 g/mol. The van der Waals surface area contributed by atoms with Crippen LogP contribution in [-0.2, 0) is 9.53 Å². The Bertz CT molecular complexity index is 355. The van der Waals surface area contributed by atoms with Gasteiger partial charge >= 0.3 is 0 Å². The Morgan fingerprint density at radius 3 is 3.12 bits per heavy atom. The number of hydrogen-bond acceptors (Lipinski definition) is 3. The van der Waals surface area contributed by atoms with Gasteiger partial charge in [-0.3, -0.25) is 4.79 Å². The Labute approximate surface area is 94.6 Å². The minimum Gasteiger partial charge on any atom is -0.365 e. The Balaban J connectivity index is 1.97. The molecule has 0 radical (unpaired) electrons. The van der Waals surface area contributed by atoms with E-state index in [1.54, 1.807) is 12.4 Å². The SMILES string of the molecule is CC(NC(=O)C1(C)CCCO1)c1ncc[nH]1. The lowest BCUT2D eigenvalue weighted by Gasteiger charge is -2.24. The molecule has 0 bridgehead atoms. The lowest BCUT2D eigenvalue weighted by molar-refractivity contribution is -0.140. The Kier molecular flexibility index (Phi) is 2.96. The van der Waals surface area contributed by atoms with Crippen LogP contribution in [0.15, 0.2) is 12.4 Å². The van der Waals surface area contributed by atoms with Crippen LogP contribution in [0.3, 0.4) is 0 Å². The molecule has 0 aliphatic carbocycles. The number of H-pyrrole nitrogens is 1. The smallest absolute Gasteiger partial charge is 0.252 e. The zero-order valence-corrected chi connectivity index (χ0v) is 9.62. The van der Waals surface area contributed by atoms with E-state index in [-0.39, 0.29) is 11.9 Å². The number of nitrogens with one attached hydrogen (secondary N) is 2. The molecule has 1 saturated heterocycles. The maximum Gasteiger partial charge on any atom is 0.252 e. The van der Waals surface area contributed by atoms with Crippen LogP contribution in [0.1, 0.15) is 38.6 Å². The van der Waals surface area contributed by atoms with E-state index < -0.39 is 5.60 Å². The Hall–Kier alpha value is -1.36. The summed E-state index contributed by atoms with van der Waals surface area (Å²) in [6.07, 6.45) is 5.14. The molecule has 2 heterocycles. The van der Waals surface area contributed by atoms with Crippen molar-refractivity contribution in [2.45, 2.75) is 38.3 Å². The van der Waals surface area contributed by atoms with Crippen LogP contribution in [0.4, 0.5) is 0 Å².